The molecule has 0 aliphatic rings. The molecule has 0 radical (unpaired) electrons. The summed E-state index contributed by atoms with van der Waals surface area (Å²) in [5, 5.41) is 7.80. The van der Waals surface area contributed by atoms with E-state index in [2.05, 4.69) is 16.0 Å². The van der Waals surface area contributed by atoms with E-state index in [0.29, 0.717) is 16.8 Å². The lowest BCUT2D eigenvalue weighted by atomic mass is 10.1. The highest BCUT2D eigenvalue weighted by atomic mass is 19.1. The average Bonchev–Trinajstić information content (AvgIpc) is 2.78. The van der Waals surface area contributed by atoms with E-state index in [9.17, 15) is 18.8 Å². The van der Waals surface area contributed by atoms with Crippen LogP contribution >= 0.6 is 0 Å². The van der Waals surface area contributed by atoms with Crippen molar-refractivity contribution in [2.24, 2.45) is 0 Å². The highest BCUT2D eigenvalue weighted by Gasteiger charge is 2.23. The van der Waals surface area contributed by atoms with E-state index < -0.39 is 29.6 Å². The fourth-order valence-electron chi connectivity index (χ4n) is 2.76. The fraction of sp³-hybridized carbons (Fsp3) is 0.0870. The van der Waals surface area contributed by atoms with Crippen LogP contribution in [0.25, 0.3) is 0 Å². The number of hydrogen-bond donors (Lipinski definition) is 3. The van der Waals surface area contributed by atoms with E-state index in [1.54, 1.807) is 60.7 Å². The molecule has 7 heteroatoms. The van der Waals surface area contributed by atoms with Gasteiger partial charge >= 0.3 is 0 Å². The molecule has 0 bridgehead atoms. The van der Waals surface area contributed by atoms with Crippen LogP contribution < -0.4 is 16.0 Å². The van der Waals surface area contributed by atoms with Crippen molar-refractivity contribution in [2.75, 3.05) is 11.9 Å². The zero-order valence-electron chi connectivity index (χ0n) is 16.0. The highest BCUT2D eigenvalue weighted by molar-refractivity contribution is 5.99. The van der Waals surface area contributed by atoms with Gasteiger partial charge in [-0.2, -0.15) is 0 Å². The van der Waals surface area contributed by atoms with E-state index in [-0.39, 0.29) is 6.54 Å². The zero-order valence-corrected chi connectivity index (χ0v) is 16.0. The first-order valence-corrected chi connectivity index (χ1v) is 9.27. The summed E-state index contributed by atoms with van der Waals surface area (Å²) >= 11 is 0. The summed E-state index contributed by atoms with van der Waals surface area (Å²) in [5.74, 6) is -1.83. The van der Waals surface area contributed by atoms with Crippen LogP contribution in [0.1, 0.15) is 22.0 Å². The van der Waals surface area contributed by atoms with E-state index in [1.165, 1.54) is 24.3 Å². The molecule has 3 rings (SSSR count). The third kappa shape index (κ3) is 5.75. The lowest BCUT2D eigenvalue weighted by Gasteiger charge is -2.19. The third-order valence-electron chi connectivity index (χ3n) is 4.26. The lowest BCUT2D eigenvalue weighted by Crippen LogP contribution is -2.43. The Morgan fingerprint density at radius 1 is 0.800 bits per heavy atom. The summed E-state index contributed by atoms with van der Waals surface area (Å²) in [6.45, 7) is -0.305. The molecule has 0 saturated carbocycles. The van der Waals surface area contributed by atoms with Gasteiger partial charge in [0.25, 0.3) is 5.91 Å². The second-order valence-corrected chi connectivity index (χ2v) is 6.46. The Labute approximate surface area is 173 Å². The predicted octanol–water partition coefficient (Wildman–Crippen LogP) is 3.05. The zero-order chi connectivity index (χ0) is 21.3. The van der Waals surface area contributed by atoms with Gasteiger partial charge in [-0.15, -0.1) is 0 Å². The van der Waals surface area contributed by atoms with Crippen molar-refractivity contribution in [2.45, 2.75) is 6.04 Å². The minimum atomic E-state index is -0.975. The molecule has 152 valence electrons. The van der Waals surface area contributed by atoms with Crippen molar-refractivity contribution in [3.63, 3.8) is 0 Å². The molecular weight excluding hydrogens is 385 g/mol. The Hall–Kier alpha value is -4.00. The number of rotatable bonds is 7. The van der Waals surface area contributed by atoms with E-state index >= 15 is 0 Å². The molecule has 3 aromatic rings. The predicted molar refractivity (Wildman–Crippen MR) is 111 cm³/mol. The summed E-state index contributed by atoms with van der Waals surface area (Å²) in [4.78, 5) is 37.4. The van der Waals surface area contributed by atoms with Crippen LogP contribution in [-0.4, -0.2) is 24.3 Å². The quantitative estimate of drug-likeness (QED) is 0.565. The van der Waals surface area contributed by atoms with Gasteiger partial charge in [-0.25, -0.2) is 4.39 Å². The maximum atomic E-state index is 13.0. The molecule has 1 unspecified atom stereocenters. The average molecular weight is 405 g/mol. The highest BCUT2D eigenvalue weighted by Crippen LogP contribution is 2.14. The van der Waals surface area contributed by atoms with Crippen molar-refractivity contribution in [3.8, 4) is 0 Å². The van der Waals surface area contributed by atoms with Crippen molar-refractivity contribution in [1.29, 1.82) is 0 Å². The second kappa shape index (κ2) is 9.97. The van der Waals surface area contributed by atoms with Crippen molar-refractivity contribution in [3.05, 3.63) is 102 Å². The van der Waals surface area contributed by atoms with E-state index in [4.69, 9.17) is 0 Å². The first kappa shape index (κ1) is 20.7. The number of halogens is 1. The SMILES string of the molecule is O=C(CNC(=O)C(NC(=O)c1ccccc1)c1ccccc1)Nc1ccc(F)cc1. The molecule has 3 aromatic carbocycles. The normalized spacial score (nSPS) is 11.2. The fourth-order valence-corrected chi connectivity index (χ4v) is 2.76. The van der Waals surface area contributed by atoms with Gasteiger partial charge in [-0.3, -0.25) is 14.4 Å². The molecule has 0 heterocycles. The van der Waals surface area contributed by atoms with Gasteiger partial charge in [0, 0.05) is 11.3 Å². The minimum Gasteiger partial charge on any atom is -0.345 e. The van der Waals surface area contributed by atoms with Crippen molar-refractivity contribution in [1.82, 2.24) is 10.6 Å². The Balaban J connectivity index is 1.65. The molecule has 0 saturated heterocycles. The summed E-state index contributed by atoms with van der Waals surface area (Å²) in [6, 6.07) is 21.6. The number of hydrogen-bond acceptors (Lipinski definition) is 3. The molecule has 30 heavy (non-hydrogen) atoms. The Bertz CT molecular complexity index is 1010. The van der Waals surface area contributed by atoms with Gasteiger partial charge in [0.05, 0.1) is 6.54 Å². The van der Waals surface area contributed by atoms with E-state index in [0.717, 1.165) is 0 Å². The van der Waals surface area contributed by atoms with Crippen LogP contribution in [0.15, 0.2) is 84.9 Å². The number of amides is 3. The van der Waals surface area contributed by atoms with Crippen LogP contribution in [0.5, 0.6) is 0 Å². The largest absolute Gasteiger partial charge is 0.345 e. The van der Waals surface area contributed by atoms with Gasteiger partial charge < -0.3 is 16.0 Å². The topological polar surface area (TPSA) is 87.3 Å². The molecular formula is C23H20FN3O3. The summed E-state index contributed by atoms with van der Waals surface area (Å²) in [7, 11) is 0. The second-order valence-electron chi connectivity index (χ2n) is 6.46. The first-order chi connectivity index (χ1) is 14.5. The number of benzene rings is 3. The van der Waals surface area contributed by atoms with Crippen LogP contribution in [0.2, 0.25) is 0 Å². The molecule has 0 aliphatic heterocycles. The van der Waals surface area contributed by atoms with Crippen LogP contribution in [-0.2, 0) is 9.59 Å². The lowest BCUT2D eigenvalue weighted by molar-refractivity contribution is -0.125. The maximum Gasteiger partial charge on any atom is 0.252 e. The molecule has 0 aromatic heterocycles. The Kier molecular flexibility index (Phi) is 6.89. The van der Waals surface area contributed by atoms with Crippen LogP contribution in [0.3, 0.4) is 0 Å². The van der Waals surface area contributed by atoms with Gasteiger partial charge in [-0.1, -0.05) is 48.5 Å². The molecule has 1 atom stereocenters. The molecule has 3 N–H and O–H groups in total. The standard InChI is InChI=1S/C23H20FN3O3/c24-18-11-13-19(14-12-18)26-20(28)15-25-23(30)21(16-7-3-1-4-8-16)27-22(29)17-9-5-2-6-10-17/h1-14,21H,15H2,(H,25,30)(H,26,28)(H,27,29). The van der Waals surface area contributed by atoms with Gasteiger partial charge in [-0.05, 0) is 42.0 Å². The number of carbonyl (C=O) groups excluding carboxylic acids is 3. The smallest absolute Gasteiger partial charge is 0.252 e. The molecule has 3 amide bonds. The minimum absolute atomic E-state index is 0.305. The van der Waals surface area contributed by atoms with E-state index in [1.807, 2.05) is 0 Å². The summed E-state index contributed by atoms with van der Waals surface area (Å²) < 4.78 is 13.0. The summed E-state index contributed by atoms with van der Waals surface area (Å²) in [6.07, 6.45) is 0. The number of anilines is 1. The monoisotopic (exact) mass is 405 g/mol. The third-order valence-corrected chi connectivity index (χ3v) is 4.26. The first-order valence-electron chi connectivity index (χ1n) is 9.27. The maximum absolute atomic E-state index is 13.0. The van der Waals surface area contributed by atoms with Crippen molar-refractivity contribution < 1.29 is 18.8 Å². The molecule has 0 aliphatic carbocycles. The Morgan fingerprint density at radius 3 is 2.03 bits per heavy atom. The van der Waals surface area contributed by atoms with Crippen LogP contribution in [0, 0.1) is 5.82 Å². The molecule has 6 nitrogen and oxygen atoms in total. The number of nitrogens with one attached hydrogen (secondary N) is 3. The van der Waals surface area contributed by atoms with Gasteiger partial charge in [0.15, 0.2) is 0 Å². The molecule has 0 fully saturated rings. The van der Waals surface area contributed by atoms with Crippen LogP contribution in [0.4, 0.5) is 10.1 Å². The number of carbonyl (C=O) groups is 3. The molecule has 0 spiro atoms. The van der Waals surface area contributed by atoms with Gasteiger partial charge in [0.1, 0.15) is 11.9 Å². The summed E-state index contributed by atoms with van der Waals surface area (Å²) in [5.41, 5.74) is 1.41. The van der Waals surface area contributed by atoms with Gasteiger partial charge in [0.2, 0.25) is 11.8 Å². The van der Waals surface area contributed by atoms with Crippen molar-refractivity contribution >= 4 is 23.4 Å². The Morgan fingerprint density at radius 2 is 1.40 bits per heavy atom.